The van der Waals surface area contributed by atoms with Crippen LogP contribution >= 0.6 is 11.6 Å². The summed E-state index contributed by atoms with van der Waals surface area (Å²) in [5.74, 6) is 0. The molecule has 0 aliphatic carbocycles. The van der Waals surface area contributed by atoms with E-state index in [2.05, 4.69) is 41.2 Å². The highest BCUT2D eigenvalue weighted by molar-refractivity contribution is 6.31. The van der Waals surface area contributed by atoms with Gasteiger partial charge in [0, 0.05) is 10.6 Å². The summed E-state index contributed by atoms with van der Waals surface area (Å²) in [6.07, 6.45) is 2.84. The van der Waals surface area contributed by atoms with E-state index in [1.54, 1.807) is 6.20 Å². The predicted octanol–water partition coefficient (Wildman–Crippen LogP) is 4.51. The zero-order valence-electron chi connectivity index (χ0n) is 10.6. The van der Waals surface area contributed by atoms with Crippen molar-refractivity contribution in [3.63, 3.8) is 0 Å². The van der Waals surface area contributed by atoms with Crippen LogP contribution in [0.25, 0.3) is 22.3 Å². The van der Waals surface area contributed by atoms with Gasteiger partial charge in [-0.1, -0.05) is 42.8 Å². The normalized spacial score (nSPS) is 10.8. The maximum absolute atomic E-state index is 5.94. The lowest BCUT2D eigenvalue weighted by molar-refractivity contribution is 1.14. The number of fused-ring (bicyclic) bond motifs is 1. The molecule has 1 heterocycles. The molecule has 2 nitrogen and oxygen atoms in total. The molecule has 3 aromatic rings. The molecule has 2 aromatic carbocycles. The Morgan fingerprint density at radius 3 is 2.53 bits per heavy atom. The topological polar surface area (TPSA) is 25.8 Å². The molecule has 1 aromatic heterocycles. The summed E-state index contributed by atoms with van der Waals surface area (Å²) in [5, 5.41) is 0.682. The van der Waals surface area contributed by atoms with E-state index in [9.17, 15) is 0 Å². The average Bonchev–Trinajstić information content (AvgIpc) is 2.47. The van der Waals surface area contributed by atoms with Crippen molar-refractivity contribution in [2.75, 3.05) is 0 Å². The number of aromatic nitrogens is 2. The summed E-state index contributed by atoms with van der Waals surface area (Å²) >= 11 is 5.94. The molecular weight excluding hydrogens is 256 g/mol. The van der Waals surface area contributed by atoms with Crippen molar-refractivity contribution in [2.45, 2.75) is 13.3 Å². The number of rotatable bonds is 2. The fourth-order valence-electron chi connectivity index (χ4n) is 2.03. The van der Waals surface area contributed by atoms with Crippen LogP contribution in [0, 0.1) is 0 Å². The lowest BCUT2D eigenvalue weighted by Crippen LogP contribution is -1.89. The molecule has 3 rings (SSSR count). The van der Waals surface area contributed by atoms with Gasteiger partial charge in [-0.25, -0.2) is 4.98 Å². The largest absolute Gasteiger partial charge is 0.252 e. The molecule has 0 N–H and O–H groups in total. The minimum absolute atomic E-state index is 0.682. The van der Waals surface area contributed by atoms with Crippen LogP contribution < -0.4 is 0 Å². The molecule has 0 aliphatic rings. The average molecular weight is 269 g/mol. The van der Waals surface area contributed by atoms with Crippen LogP contribution in [-0.2, 0) is 6.42 Å². The van der Waals surface area contributed by atoms with E-state index in [4.69, 9.17) is 11.6 Å². The van der Waals surface area contributed by atoms with Crippen molar-refractivity contribution in [1.29, 1.82) is 0 Å². The number of hydrogen-bond donors (Lipinski definition) is 0. The van der Waals surface area contributed by atoms with E-state index in [1.165, 1.54) is 5.56 Å². The Balaban J connectivity index is 2.06. The second kappa shape index (κ2) is 4.98. The first-order valence-corrected chi connectivity index (χ1v) is 6.65. The molecule has 0 atom stereocenters. The van der Waals surface area contributed by atoms with Crippen LogP contribution in [0.4, 0.5) is 0 Å². The first-order valence-electron chi connectivity index (χ1n) is 6.28. The Morgan fingerprint density at radius 1 is 1.00 bits per heavy atom. The van der Waals surface area contributed by atoms with E-state index < -0.39 is 0 Å². The van der Waals surface area contributed by atoms with Crippen LogP contribution in [0.15, 0.2) is 48.7 Å². The molecule has 0 aliphatic heterocycles. The van der Waals surface area contributed by atoms with Gasteiger partial charge in [-0.2, -0.15) is 0 Å². The summed E-state index contributed by atoms with van der Waals surface area (Å²) in [7, 11) is 0. The highest BCUT2D eigenvalue weighted by Crippen LogP contribution is 2.21. The standard InChI is InChI=1S/C16H13ClN2/c1-2-11-3-5-12(6-4-11)16-10-18-15-9-13(17)7-8-14(15)19-16/h3-10H,2H2,1H3. The van der Waals surface area contributed by atoms with E-state index in [1.807, 2.05) is 18.2 Å². The number of benzene rings is 2. The number of halogens is 1. The quantitative estimate of drug-likeness (QED) is 0.683. The zero-order valence-corrected chi connectivity index (χ0v) is 11.4. The maximum atomic E-state index is 5.94. The molecule has 0 saturated heterocycles. The van der Waals surface area contributed by atoms with Crippen molar-refractivity contribution in [1.82, 2.24) is 9.97 Å². The SMILES string of the molecule is CCc1ccc(-c2cnc3cc(Cl)ccc3n2)cc1. The summed E-state index contributed by atoms with van der Waals surface area (Å²) in [5.41, 5.74) is 4.98. The van der Waals surface area contributed by atoms with Crippen LogP contribution in [0.2, 0.25) is 5.02 Å². The monoisotopic (exact) mass is 268 g/mol. The third kappa shape index (κ3) is 2.45. The molecule has 3 heteroatoms. The van der Waals surface area contributed by atoms with Gasteiger partial charge < -0.3 is 0 Å². The maximum Gasteiger partial charge on any atom is 0.0902 e. The zero-order chi connectivity index (χ0) is 13.2. The Kier molecular flexibility index (Phi) is 3.18. The number of nitrogens with zero attached hydrogens (tertiary/aromatic N) is 2. The summed E-state index contributed by atoms with van der Waals surface area (Å²) in [4.78, 5) is 9.03. The second-order valence-corrected chi connectivity index (χ2v) is 4.88. The summed E-state index contributed by atoms with van der Waals surface area (Å²) < 4.78 is 0. The minimum Gasteiger partial charge on any atom is -0.252 e. The molecule has 0 bridgehead atoms. The van der Waals surface area contributed by atoms with Crippen molar-refractivity contribution < 1.29 is 0 Å². The fraction of sp³-hybridized carbons (Fsp3) is 0.125. The van der Waals surface area contributed by atoms with E-state index in [0.29, 0.717) is 5.02 Å². The minimum atomic E-state index is 0.682. The highest BCUT2D eigenvalue weighted by Gasteiger charge is 2.03. The van der Waals surface area contributed by atoms with Gasteiger partial charge >= 0.3 is 0 Å². The molecule has 0 fully saturated rings. The van der Waals surface area contributed by atoms with Gasteiger partial charge in [0.15, 0.2) is 0 Å². The third-order valence-electron chi connectivity index (χ3n) is 3.16. The van der Waals surface area contributed by atoms with Crippen molar-refractivity contribution in [3.05, 3.63) is 59.2 Å². The predicted molar refractivity (Wildman–Crippen MR) is 79.4 cm³/mol. The van der Waals surface area contributed by atoms with Crippen LogP contribution in [0.5, 0.6) is 0 Å². The summed E-state index contributed by atoms with van der Waals surface area (Å²) in [6.45, 7) is 2.15. The van der Waals surface area contributed by atoms with Crippen LogP contribution in [0.1, 0.15) is 12.5 Å². The second-order valence-electron chi connectivity index (χ2n) is 4.44. The van der Waals surface area contributed by atoms with Gasteiger partial charge in [0.1, 0.15) is 0 Å². The summed E-state index contributed by atoms with van der Waals surface area (Å²) in [6, 6.07) is 14.0. The van der Waals surface area contributed by atoms with E-state index >= 15 is 0 Å². The molecule has 94 valence electrons. The molecule has 0 radical (unpaired) electrons. The lowest BCUT2D eigenvalue weighted by Gasteiger charge is -2.04. The first-order chi connectivity index (χ1) is 9.26. The Hall–Kier alpha value is -1.93. The number of aryl methyl sites for hydroxylation is 1. The highest BCUT2D eigenvalue weighted by atomic mass is 35.5. The Morgan fingerprint density at radius 2 is 1.79 bits per heavy atom. The van der Waals surface area contributed by atoms with Crippen molar-refractivity contribution in [2.24, 2.45) is 0 Å². The number of hydrogen-bond acceptors (Lipinski definition) is 2. The van der Waals surface area contributed by atoms with Crippen LogP contribution in [0.3, 0.4) is 0 Å². The smallest absolute Gasteiger partial charge is 0.0902 e. The van der Waals surface area contributed by atoms with Gasteiger partial charge in [-0.05, 0) is 30.2 Å². The third-order valence-corrected chi connectivity index (χ3v) is 3.40. The fourth-order valence-corrected chi connectivity index (χ4v) is 2.20. The molecular formula is C16H13ClN2. The van der Waals surface area contributed by atoms with Gasteiger partial charge in [0.2, 0.25) is 0 Å². The van der Waals surface area contributed by atoms with Gasteiger partial charge in [-0.15, -0.1) is 0 Å². The molecule has 0 saturated carbocycles. The van der Waals surface area contributed by atoms with E-state index in [0.717, 1.165) is 28.7 Å². The Labute approximate surface area is 117 Å². The lowest BCUT2D eigenvalue weighted by atomic mass is 10.1. The molecule has 0 spiro atoms. The Bertz CT molecular complexity index is 720. The van der Waals surface area contributed by atoms with Gasteiger partial charge in [0.25, 0.3) is 0 Å². The molecule has 0 amide bonds. The van der Waals surface area contributed by atoms with Gasteiger partial charge in [0.05, 0.1) is 22.9 Å². The van der Waals surface area contributed by atoms with Crippen molar-refractivity contribution >= 4 is 22.6 Å². The molecule has 19 heavy (non-hydrogen) atoms. The van der Waals surface area contributed by atoms with Crippen LogP contribution in [-0.4, -0.2) is 9.97 Å². The van der Waals surface area contributed by atoms with Gasteiger partial charge in [-0.3, -0.25) is 4.98 Å². The molecule has 0 unspecified atom stereocenters. The van der Waals surface area contributed by atoms with Crippen molar-refractivity contribution in [3.8, 4) is 11.3 Å². The first kappa shape index (κ1) is 12.1. The van der Waals surface area contributed by atoms with E-state index in [-0.39, 0.29) is 0 Å².